The highest BCUT2D eigenvalue weighted by atomic mass is 16.2. The molecular formula is C22H33N5O2. The maximum absolute atomic E-state index is 12.8. The zero-order valence-corrected chi connectivity index (χ0v) is 17.2. The van der Waals surface area contributed by atoms with Gasteiger partial charge in [-0.25, -0.2) is 0 Å². The van der Waals surface area contributed by atoms with Gasteiger partial charge < -0.3 is 10.2 Å². The lowest BCUT2D eigenvalue weighted by Crippen LogP contribution is -2.51. The normalized spacial score (nSPS) is 26.5. The Hall–Kier alpha value is -1.89. The molecule has 1 aromatic rings. The van der Waals surface area contributed by atoms with Crippen molar-refractivity contribution < 1.29 is 9.59 Å². The van der Waals surface area contributed by atoms with Gasteiger partial charge in [0.05, 0.1) is 23.9 Å². The molecule has 7 heteroatoms. The van der Waals surface area contributed by atoms with Gasteiger partial charge in [-0.3, -0.25) is 19.6 Å². The van der Waals surface area contributed by atoms with E-state index in [1.165, 1.54) is 12.8 Å². The van der Waals surface area contributed by atoms with Gasteiger partial charge in [-0.2, -0.15) is 5.10 Å². The first-order valence-electron chi connectivity index (χ1n) is 11.5. The fourth-order valence-electron chi connectivity index (χ4n) is 4.98. The summed E-state index contributed by atoms with van der Waals surface area (Å²) in [7, 11) is 0. The summed E-state index contributed by atoms with van der Waals surface area (Å²) in [6, 6.07) is 2.62. The van der Waals surface area contributed by atoms with E-state index in [0.29, 0.717) is 30.3 Å². The highest BCUT2D eigenvalue weighted by Gasteiger charge is 2.37. The number of hydrogen-bond donors (Lipinski definition) is 2. The molecule has 2 aliphatic carbocycles. The van der Waals surface area contributed by atoms with E-state index < -0.39 is 0 Å². The predicted octanol–water partition coefficient (Wildman–Crippen LogP) is 2.02. The summed E-state index contributed by atoms with van der Waals surface area (Å²) in [5, 5.41) is 10.5. The number of likely N-dealkylation sites (tertiary alicyclic amines) is 2. The van der Waals surface area contributed by atoms with Crippen LogP contribution in [0.4, 0.5) is 0 Å². The fourth-order valence-corrected chi connectivity index (χ4v) is 4.98. The maximum atomic E-state index is 12.8. The van der Waals surface area contributed by atoms with Gasteiger partial charge in [0, 0.05) is 37.5 Å². The molecular weight excluding hydrogens is 366 g/mol. The van der Waals surface area contributed by atoms with Crippen molar-refractivity contribution in [3.05, 3.63) is 17.5 Å². The molecule has 2 saturated carbocycles. The van der Waals surface area contributed by atoms with E-state index in [1.807, 2.05) is 0 Å². The van der Waals surface area contributed by atoms with Gasteiger partial charge in [-0.05, 0) is 64.0 Å². The maximum Gasteiger partial charge on any atom is 0.225 e. The molecule has 0 spiro atoms. The highest BCUT2D eigenvalue weighted by Crippen LogP contribution is 2.39. The van der Waals surface area contributed by atoms with E-state index in [1.54, 1.807) is 0 Å². The first-order chi connectivity index (χ1) is 14.2. The number of amides is 2. The highest BCUT2D eigenvalue weighted by molar-refractivity contribution is 5.81. The lowest BCUT2D eigenvalue weighted by atomic mass is 9.93. The second kappa shape index (κ2) is 8.09. The Morgan fingerprint density at radius 2 is 1.83 bits per heavy atom. The summed E-state index contributed by atoms with van der Waals surface area (Å²) >= 11 is 0. The van der Waals surface area contributed by atoms with Crippen LogP contribution in [-0.4, -0.2) is 64.0 Å². The molecule has 2 saturated heterocycles. The monoisotopic (exact) mass is 399 g/mol. The van der Waals surface area contributed by atoms with Gasteiger partial charge in [0.2, 0.25) is 11.8 Å². The Balaban J connectivity index is 1.08. The quantitative estimate of drug-likeness (QED) is 0.767. The number of hydrogen-bond acceptors (Lipinski definition) is 4. The number of aromatic nitrogens is 2. The van der Waals surface area contributed by atoms with Crippen LogP contribution in [0.25, 0.3) is 0 Å². The predicted molar refractivity (Wildman–Crippen MR) is 109 cm³/mol. The largest absolute Gasteiger partial charge is 0.350 e. The zero-order valence-electron chi connectivity index (χ0n) is 17.2. The molecule has 158 valence electrons. The molecule has 29 heavy (non-hydrogen) atoms. The first kappa shape index (κ1) is 19.1. The third kappa shape index (κ3) is 4.49. The number of nitrogens with zero attached hydrogens (tertiary/aromatic N) is 3. The van der Waals surface area contributed by atoms with Crippen molar-refractivity contribution in [2.75, 3.05) is 26.2 Å². The van der Waals surface area contributed by atoms with Crippen molar-refractivity contribution in [3.8, 4) is 0 Å². The van der Waals surface area contributed by atoms with Crippen molar-refractivity contribution in [1.29, 1.82) is 0 Å². The summed E-state index contributed by atoms with van der Waals surface area (Å²) in [4.78, 5) is 29.6. The van der Waals surface area contributed by atoms with Crippen molar-refractivity contribution in [1.82, 2.24) is 25.3 Å². The third-order valence-electron chi connectivity index (χ3n) is 7.14. The molecule has 4 aliphatic rings. The smallest absolute Gasteiger partial charge is 0.225 e. The molecule has 5 rings (SSSR count). The standard InChI is InChI=1S/C22H33N5O2/c28-21(23-13-18-12-20(25-24-18)15-3-4-15)17-2-1-9-27(14-17)19-7-10-26(11-8-19)22(29)16-5-6-16/h12,15-17,19H,1-11,13-14H2,(H,23,28)(H,24,25). The molecule has 4 fully saturated rings. The number of piperidine rings is 2. The molecule has 2 amide bonds. The Morgan fingerprint density at radius 1 is 1.03 bits per heavy atom. The molecule has 7 nitrogen and oxygen atoms in total. The Labute approximate surface area is 172 Å². The SMILES string of the molecule is O=C(NCc1cc(C2CC2)n[nH]1)C1CCCN(C2CCN(C(=O)C3CC3)CC2)C1. The van der Waals surface area contributed by atoms with Crippen molar-refractivity contribution in [3.63, 3.8) is 0 Å². The van der Waals surface area contributed by atoms with E-state index in [-0.39, 0.29) is 11.8 Å². The minimum Gasteiger partial charge on any atom is -0.350 e. The van der Waals surface area contributed by atoms with E-state index >= 15 is 0 Å². The summed E-state index contributed by atoms with van der Waals surface area (Å²) in [6.07, 6.45) is 8.79. The summed E-state index contributed by atoms with van der Waals surface area (Å²) in [6.45, 7) is 4.24. The van der Waals surface area contributed by atoms with Crippen LogP contribution >= 0.6 is 0 Å². The van der Waals surface area contributed by atoms with Crippen LogP contribution in [-0.2, 0) is 16.1 Å². The Morgan fingerprint density at radius 3 is 2.55 bits per heavy atom. The Bertz CT molecular complexity index is 746. The van der Waals surface area contributed by atoms with Crippen LogP contribution in [0.1, 0.15) is 68.7 Å². The molecule has 0 bridgehead atoms. The third-order valence-corrected chi connectivity index (χ3v) is 7.14. The molecule has 1 unspecified atom stereocenters. The minimum atomic E-state index is 0.0701. The summed E-state index contributed by atoms with van der Waals surface area (Å²) in [5.41, 5.74) is 2.14. The van der Waals surface area contributed by atoms with Crippen LogP contribution in [0.15, 0.2) is 6.07 Å². The molecule has 1 aromatic heterocycles. The van der Waals surface area contributed by atoms with Gasteiger partial charge in [0.25, 0.3) is 0 Å². The molecule has 2 aliphatic heterocycles. The second-order valence-corrected chi connectivity index (χ2v) is 9.47. The van der Waals surface area contributed by atoms with Gasteiger partial charge in [-0.1, -0.05) is 0 Å². The van der Waals surface area contributed by atoms with Crippen LogP contribution in [0.5, 0.6) is 0 Å². The van der Waals surface area contributed by atoms with Crippen molar-refractivity contribution in [2.45, 2.75) is 69.9 Å². The molecule has 1 atom stereocenters. The fraction of sp³-hybridized carbons (Fsp3) is 0.773. The molecule has 0 aromatic carbocycles. The molecule has 2 N–H and O–H groups in total. The van der Waals surface area contributed by atoms with Crippen LogP contribution < -0.4 is 5.32 Å². The van der Waals surface area contributed by atoms with Crippen LogP contribution in [0, 0.1) is 11.8 Å². The number of H-pyrrole nitrogens is 1. The average Bonchev–Trinajstić information content (AvgIpc) is 3.70. The number of nitrogens with one attached hydrogen (secondary N) is 2. The lowest BCUT2D eigenvalue weighted by molar-refractivity contribution is -0.134. The van der Waals surface area contributed by atoms with Gasteiger partial charge >= 0.3 is 0 Å². The van der Waals surface area contributed by atoms with E-state index in [4.69, 9.17) is 0 Å². The lowest BCUT2D eigenvalue weighted by Gasteiger charge is -2.42. The van der Waals surface area contributed by atoms with Crippen molar-refractivity contribution >= 4 is 11.8 Å². The Kier molecular flexibility index (Phi) is 5.33. The topological polar surface area (TPSA) is 81.3 Å². The van der Waals surface area contributed by atoms with Crippen molar-refractivity contribution in [2.24, 2.45) is 11.8 Å². The van der Waals surface area contributed by atoms with E-state index in [0.717, 1.165) is 76.1 Å². The summed E-state index contributed by atoms with van der Waals surface area (Å²) in [5.74, 6) is 1.57. The molecule has 3 heterocycles. The second-order valence-electron chi connectivity index (χ2n) is 9.47. The van der Waals surface area contributed by atoms with Gasteiger partial charge in [0.15, 0.2) is 0 Å². The summed E-state index contributed by atoms with van der Waals surface area (Å²) < 4.78 is 0. The zero-order chi connectivity index (χ0) is 19.8. The first-order valence-corrected chi connectivity index (χ1v) is 11.5. The van der Waals surface area contributed by atoms with Gasteiger partial charge in [-0.15, -0.1) is 0 Å². The molecule has 0 radical (unpaired) electrons. The van der Waals surface area contributed by atoms with E-state index in [2.05, 4.69) is 31.4 Å². The number of aromatic amines is 1. The minimum absolute atomic E-state index is 0.0701. The average molecular weight is 400 g/mol. The number of rotatable bonds is 6. The van der Waals surface area contributed by atoms with E-state index in [9.17, 15) is 9.59 Å². The number of carbonyl (C=O) groups excluding carboxylic acids is 2. The van der Waals surface area contributed by atoms with Gasteiger partial charge in [0.1, 0.15) is 0 Å². The van der Waals surface area contributed by atoms with Crippen LogP contribution in [0.2, 0.25) is 0 Å². The van der Waals surface area contributed by atoms with Crippen LogP contribution in [0.3, 0.4) is 0 Å². The number of carbonyl (C=O) groups is 2.